The highest BCUT2D eigenvalue weighted by Gasteiger charge is 2.20. The molecule has 31 heavy (non-hydrogen) atoms. The zero-order valence-electron chi connectivity index (χ0n) is 16.7. The molecular formula is C23H22Cl2N2O4. The number of pyridine rings is 1. The summed E-state index contributed by atoms with van der Waals surface area (Å²) >= 11 is 12.0. The van der Waals surface area contributed by atoms with Crippen molar-refractivity contribution in [1.29, 1.82) is 0 Å². The summed E-state index contributed by atoms with van der Waals surface area (Å²) in [4.78, 5) is 25.6. The van der Waals surface area contributed by atoms with E-state index < -0.39 is 11.3 Å². The lowest BCUT2D eigenvalue weighted by Gasteiger charge is -2.17. The predicted molar refractivity (Wildman–Crippen MR) is 121 cm³/mol. The fourth-order valence-electron chi connectivity index (χ4n) is 3.00. The minimum Gasteiger partial charge on any atom is -0.483 e. The molecule has 0 saturated carbocycles. The van der Waals surface area contributed by atoms with Crippen LogP contribution in [-0.2, 0) is 19.7 Å². The van der Waals surface area contributed by atoms with Crippen LogP contribution in [0.25, 0.3) is 0 Å². The van der Waals surface area contributed by atoms with E-state index in [-0.39, 0.29) is 31.2 Å². The van der Waals surface area contributed by atoms with Gasteiger partial charge in [0.1, 0.15) is 6.61 Å². The van der Waals surface area contributed by atoms with E-state index in [9.17, 15) is 14.7 Å². The highest BCUT2D eigenvalue weighted by atomic mass is 35.5. The lowest BCUT2D eigenvalue weighted by atomic mass is 10.2. The van der Waals surface area contributed by atoms with Gasteiger partial charge in [-0.1, -0.05) is 59.6 Å². The first-order valence-electron chi connectivity index (χ1n) is 9.72. The van der Waals surface area contributed by atoms with Crippen LogP contribution in [0.3, 0.4) is 0 Å². The number of rotatable bonds is 9. The van der Waals surface area contributed by atoms with E-state index in [4.69, 9.17) is 27.9 Å². The number of benzene rings is 2. The first-order valence-corrected chi connectivity index (χ1v) is 10.5. The molecule has 0 atom stereocenters. The lowest BCUT2D eigenvalue weighted by molar-refractivity contribution is 0.0933. The molecule has 1 amide bonds. The maximum atomic E-state index is 13.1. The van der Waals surface area contributed by atoms with Crippen LogP contribution in [0.15, 0.2) is 65.6 Å². The van der Waals surface area contributed by atoms with Crippen molar-refractivity contribution >= 4 is 29.1 Å². The molecule has 0 unspecified atom stereocenters. The summed E-state index contributed by atoms with van der Waals surface area (Å²) in [6.07, 6.45) is 1.95. The molecule has 1 heterocycles. The molecule has 8 heteroatoms. The Labute approximate surface area is 190 Å². The molecule has 0 aliphatic rings. The summed E-state index contributed by atoms with van der Waals surface area (Å²) in [6.45, 7) is 0.648. The van der Waals surface area contributed by atoms with Gasteiger partial charge < -0.3 is 19.7 Å². The van der Waals surface area contributed by atoms with Crippen molar-refractivity contribution < 1.29 is 14.6 Å². The van der Waals surface area contributed by atoms with Gasteiger partial charge in [0.05, 0.1) is 10.0 Å². The number of nitrogens with zero attached hydrogens (tertiary/aromatic N) is 1. The first-order chi connectivity index (χ1) is 15.0. The molecule has 0 radical (unpaired) electrons. The molecule has 0 saturated heterocycles. The number of hydrogen-bond donors (Lipinski definition) is 2. The summed E-state index contributed by atoms with van der Waals surface area (Å²) in [6, 6.07) is 15.8. The van der Waals surface area contributed by atoms with Crippen molar-refractivity contribution in [3.05, 3.63) is 97.9 Å². The van der Waals surface area contributed by atoms with Crippen LogP contribution in [-0.4, -0.2) is 22.2 Å². The van der Waals surface area contributed by atoms with Crippen LogP contribution < -0.4 is 15.5 Å². The number of halogens is 2. The Morgan fingerprint density at radius 2 is 1.81 bits per heavy atom. The van der Waals surface area contributed by atoms with Gasteiger partial charge in [0.25, 0.3) is 5.91 Å². The second-order valence-corrected chi connectivity index (χ2v) is 7.65. The standard InChI is InChI=1S/C23H22Cl2N2O4/c24-18-8-7-17(13-19(18)25)14-26-23(30)21-22(31-15-16-5-2-1-3-6-16)20(29)9-11-27(21)10-4-12-28/h1-3,5-9,11,13,28H,4,10,12,14-15H2,(H,26,30). The highest BCUT2D eigenvalue weighted by Crippen LogP contribution is 2.23. The Hall–Kier alpha value is -2.80. The number of aromatic nitrogens is 1. The number of hydrogen-bond acceptors (Lipinski definition) is 4. The van der Waals surface area contributed by atoms with E-state index in [0.29, 0.717) is 23.0 Å². The minimum absolute atomic E-state index is 0.0315. The van der Waals surface area contributed by atoms with Crippen molar-refractivity contribution in [2.45, 2.75) is 26.1 Å². The van der Waals surface area contributed by atoms with Crippen LogP contribution in [0.4, 0.5) is 0 Å². The number of aliphatic hydroxyl groups excluding tert-OH is 1. The van der Waals surface area contributed by atoms with E-state index in [2.05, 4.69) is 5.32 Å². The molecule has 1 aromatic heterocycles. The van der Waals surface area contributed by atoms with Crippen LogP contribution in [0.5, 0.6) is 5.75 Å². The van der Waals surface area contributed by atoms with Gasteiger partial charge in [-0.3, -0.25) is 9.59 Å². The summed E-state index contributed by atoms with van der Waals surface area (Å²) < 4.78 is 7.40. The minimum atomic E-state index is -0.468. The van der Waals surface area contributed by atoms with E-state index in [1.807, 2.05) is 30.3 Å². The summed E-state index contributed by atoms with van der Waals surface area (Å²) in [7, 11) is 0. The maximum Gasteiger partial charge on any atom is 0.272 e. The number of aryl methyl sites for hydroxylation is 1. The molecule has 0 aliphatic heterocycles. The van der Waals surface area contributed by atoms with Crippen LogP contribution in [0.1, 0.15) is 28.0 Å². The Morgan fingerprint density at radius 3 is 2.52 bits per heavy atom. The molecule has 0 fully saturated rings. The van der Waals surface area contributed by atoms with Crippen molar-refractivity contribution in [2.24, 2.45) is 0 Å². The third kappa shape index (κ3) is 6.10. The summed E-state index contributed by atoms with van der Waals surface area (Å²) in [5, 5.41) is 12.8. The Morgan fingerprint density at radius 1 is 1.03 bits per heavy atom. The maximum absolute atomic E-state index is 13.1. The summed E-state index contributed by atoms with van der Waals surface area (Å²) in [5.74, 6) is -0.499. The molecule has 0 bridgehead atoms. The molecular weight excluding hydrogens is 439 g/mol. The second-order valence-electron chi connectivity index (χ2n) is 6.83. The monoisotopic (exact) mass is 460 g/mol. The van der Waals surface area contributed by atoms with E-state index in [0.717, 1.165) is 11.1 Å². The predicted octanol–water partition coefficient (Wildman–Crippen LogP) is 4.05. The van der Waals surface area contributed by atoms with Gasteiger partial charge in [0.2, 0.25) is 5.43 Å². The van der Waals surface area contributed by atoms with Crippen LogP contribution >= 0.6 is 23.2 Å². The molecule has 3 aromatic rings. The van der Waals surface area contributed by atoms with Gasteiger partial charge in [-0.05, 0) is 29.7 Å². The second kappa shape index (κ2) is 11.0. The zero-order chi connectivity index (χ0) is 22.2. The van der Waals surface area contributed by atoms with Crippen molar-refractivity contribution in [2.75, 3.05) is 6.61 Å². The molecule has 2 N–H and O–H groups in total. The van der Waals surface area contributed by atoms with Crippen LogP contribution in [0.2, 0.25) is 10.0 Å². The van der Waals surface area contributed by atoms with Crippen molar-refractivity contribution in [3.8, 4) is 5.75 Å². The topological polar surface area (TPSA) is 80.6 Å². The van der Waals surface area contributed by atoms with E-state index in [1.54, 1.807) is 22.8 Å². The number of carbonyl (C=O) groups excluding carboxylic acids is 1. The van der Waals surface area contributed by atoms with Crippen molar-refractivity contribution in [1.82, 2.24) is 9.88 Å². The Balaban J connectivity index is 1.86. The highest BCUT2D eigenvalue weighted by molar-refractivity contribution is 6.42. The van der Waals surface area contributed by atoms with E-state index >= 15 is 0 Å². The smallest absolute Gasteiger partial charge is 0.272 e. The number of amides is 1. The average Bonchev–Trinajstić information content (AvgIpc) is 2.78. The molecule has 0 aliphatic carbocycles. The number of nitrogens with one attached hydrogen (secondary N) is 1. The largest absolute Gasteiger partial charge is 0.483 e. The fraction of sp³-hybridized carbons (Fsp3) is 0.217. The Bertz CT molecular complexity index is 1100. The normalized spacial score (nSPS) is 10.7. The van der Waals surface area contributed by atoms with Crippen molar-refractivity contribution in [3.63, 3.8) is 0 Å². The Kier molecular flexibility index (Phi) is 8.12. The quantitative estimate of drug-likeness (QED) is 0.504. The fourth-order valence-corrected chi connectivity index (χ4v) is 3.32. The molecule has 2 aromatic carbocycles. The number of ether oxygens (including phenoxy) is 1. The first kappa shape index (κ1) is 22.9. The third-order valence-electron chi connectivity index (χ3n) is 4.57. The lowest BCUT2D eigenvalue weighted by Crippen LogP contribution is -2.30. The number of carbonyl (C=O) groups is 1. The molecule has 6 nitrogen and oxygen atoms in total. The van der Waals surface area contributed by atoms with Crippen LogP contribution in [0, 0.1) is 0 Å². The van der Waals surface area contributed by atoms with Gasteiger partial charge in [0, 0.05) is 32.0 Å². The molecule has 0 spiro atoms. The SMILES string of the molecule is O=C(NCc1ccc(Cl)c(Cl)c1)c1c(OCc2ccccc2)c(=O)ccn1CCCO. The van der Waals surface area contributed by atoms with E-state index in [1.165, 1.54) is 12.3 Å². The van der Waals surface area contributed by atoms with Gasteiger partial charge in [-0.2, -0.15) is 0 Å². The molecule has 3 rings (SSSR count). The van der Waals surface area contributed by atoms with Gasteiger partial charge in [-0.15, -0.1) is 0 Å². The average molecular weight is 461 g/mol. The van der Waals surface area contributed by atoms with Gasteiger partial charge >= 0.3 is 0 Å². The van der Waals surface area contributed by atoms with Gasteiger partial charge in [0.15, 0.2) is 11.4 Å². The van der Waals surface area contributed by atoms with Gasteiger partial charge in [-0.25, -0.2) is 0 Å². The number of aliphatic hydroxyl groups is 1. The zero-order valence-corrected chi connectivity index (χ0v) is 18.2. The summed E-state index contributed by atoms with van der Waals surface area (Å²) in [5.41, 5.74) is 1.34. The molecule has 162 valence electrons. The third-order valence-corrected chi connectivity index (χ3v) is 5.31.